The third-order valence-electron chi connectivity index (χ3n) is 3.52. The van der Waals surface area contributed by atoms with Crippen molar-refractivity contribution < 1.29 is 22.7 Å². The Labute approximate surface area is 128 Å². The topological polar surface area (TPSA) is 41.6 Å². The van der Waals surface area contributed by atoms with E-state index in [0.29, 0.717) is 19.6 Å². The highest BCUT2D eigenvalue weighted by atomic mass is 19.4. The number of halogens is 3. The number of ether oxygens (including phenoxy) is 1. The highest BCUT2D eigenvalue weighted by Gasteiger charge is 2.34. The van der Waals surface area contributed by atoms with Gasteiger partial charge < -0.3 is 10.1 Å². The van der Waals surface area contributed by atoms with Crippen LogP contribution in [0.15, 0.2) is 24.3 Å². The van der Waals surface area contributed by atoms with Gasteiger partial charge in [0.15, 0.2) is 0 Å². The molecule has 1 N–H and O–H groups in total. The predicted molar refractivity (Wildman–Crippen MR) is 77.5 cm³/mol. The van der Waals surface area contributed by atoms with Gasteiger partial charge in [0.2, 0.25) is 0 Å². The Hall–Kier alpha value is -1.76. The summed E-state index contributed by atoms with van der Waals surface area (Å²) in [5.41, 5.74) is -0.392. The maximum atomic E-state index is 13.1. The van der Waals surface area contributed by atoms with Crippen molar-refractivity contribution >= 4 is 6.09 Å². The molecular weight excluding hydrogens is 297 g/mol. The van der Waals surface area contributed by atoms with Crippen LogP contribution in [0.5, 0.6) is 0 Å². The number of alkyl carbamates (subject to hydrolysis) is 1. The molecule has 7 heteroatoms. The van der Waals surface area contributed by atoms with Crippen molar-refractivity contribution in [2.24, 2.45) is 0 Å². The van der Waals surface area contributed by atoms with Crippen LogP contribution in [0.3, 0.4) is 0 Å². The van der Waals surface area contributed by atoms with Crippen LogP contribution in [0.1, 0.15) is 31.0 Å². The van der Waals surface area contributed by atoms with E-state index in [1.165, 1.54) is 19.2 Å². The summed E-state index contributed by atoms with van der Waals surface area (Å²) in [4.78, 5) is 12.9. The van der Waals surface area contributed by atoms with E-state index >= 15 is 0 Å². The minimum Gasteiger partial charge on any atom is -0.453 e. The van der Waals surface area contributed by atoms with Crippen LogP contribution in [0.2, 0.25) is 0 Å². The molecule has 0 aliphatic carbocycles. The molecule has 1 rings (SSSR count). The van der Waals surface area contributed by atoms with Crippen LogP contribution in [0.25, 0.3) is 0 Å². The highest BCUT2D eigenvalue weighted by molar-refractivity contribution is 5.66. The fourth-order valence-corrected chi connectivity index (χ4v) is 2.32. The first-order valence-electron chi connectivity index (χ1n) is 7.03. The number of benzene rings is 1. The summed E-state index contributed by atoms with van der Waals surface area (Å²) < 4.78 is 43.7. The van der Waals surface area contributed by atoms with Crippen LogP contribution >= 0.6 is 0 Å². The summed E-state index contributed by atoms with van der Waals surface area (Å²) in [7, 11) is 1.26. The number of carbonyl (C=O) groups excluding carboxylic acids is 1. The van der Waals surface area contributed by atoms with Gasteiger partial charge in [0.1, 0.15) is 0 Å². The normalized spacial score (nSPS) is 13.0. The lowest BCUT2D eigenvalue weighted by atomic mass is 10.00. The van der Waals surface area contributed by atoms with Crippen LogP contribution in [0, 0.1) is 0 Å². The summed E-state index contributed by atoms with van der Waals surface area (Å²) in [5, 5.41) is 2.52. The van der Waals surface area contributed by atoms with Crippen molar-refractivity contribution in [1.29, 1.82) is 0 Å². The molecule has 0 heterocycles. The molecule has 0 aromatic heterocycles. The largest absolute Gasteiger partial charge is 0.453 e. The lowest BCUT2D eigenvalue weighted by molar-refractivity contribution is -0.138. The Balaban J connectivity index is 2.84. The number of methoxy groups -OCH3 is 1. The number of likely N-dealkylation sites (N-methyl/N-ethyl adjacent to an activating group) is 1. The monoisotopic (exact) mass is 318 g/mol. The molecule has 0 unspecified atom stereocenters. The quantitative estimate of drug-likeness (QED) is 0.873. The second-order valence-electron chi connectivity index (χ2n) is 4.81. The zero-order valence-corrected chi connectivity index (χ0v) is 12.9. The fraction of sp³-hybridized carbons (Fsp3) is 0.533. The van der Waals surface area contributed by atoms with Crippen molar-refractivity contribution in [3.8, 4) is 0 Å². The van der Waals surface area contributed by atoms with E-state index in [-0.39, 0.29) is 5.56 Å². The van der Waals surface area contributed by atoms with Crippen LogP contribution < -0.4 is 5.32 Å². The molecule has 0 aliphatic rings. The maximum Gasteiger partial charge on any atom is 0.416 e. The highest BCUT2D eigenvalue weighted by Crippen LogP contribution is 2.35. The molecule has 124 valence electrons. The zero-order valence-electron chi connectivity index (χ0n) is 12.9. The van der Waals surface area contributed by atoms with Gasteiger partial charge in [-0.2, -0.15) is 13.2 Å². The molecule has 0 aliphatic heterocycles. The first-order chi connectivity index (χ1) is 10.3. The summed E-state index contributed by atoms with van der Waals surface area (Å²) in [6.45, 7) is 4.89. The SMILES string of the molecule is CCN(CCNC(=O)OC)[C@@H](C)c1ccccc1C(F)(F)F. The van der Waals surface area contributed by atoms with E-state index in [9.17, 15) is 18.0 Å². The van der Waals surface area contributed by atoms with Gasteiger partial charge in [0.25, 0.3) is 0 Å². The van der Waals surface area contributed by atoms with Gasteiger partial charge in [-0.15, -0.1) is 0 Å². The summed E-state index contributed by atoms with van der Waals surface area (Å²) in [6.07, 6.45) is -4.94. The van der Waals surface area contributed by atoms with Gasteiger partial charge in [0.05, 0.1) is 12.7 Å². The molecule has 1 amide bonds. The molecule has 0 saturated carbocycles. The second kappa shape index (κ2) is 8.03. The average Bonchev–Trinajstić information content (AvgIpc) is 2.49. The van der Waals surface area contributed by atoms with Crippen LogP contribution in [-0.4, -0.2) is 37.7 Å². The number of amides is 1. The van der Waals surface area contributed by atoms with Crippen molar-refractivity contribution in [2.75, 3.05) is 26.7 Å². The summed E-state index contributed by atoms with van der Waals surface area (Å²) in [6, 6.07) is 5.15. The number of alkyl halides is 3. The minimum absolute atomic E-state index is 0.231. The smallest absolute Gasteiger partial charge is 0.416 e. The molecule has 0 radical (unpaired) electrons. The molecular formula is C15H21F3N2O2. The van der Waals surface area contributed by atoms with Gasteiger partial charge in [0, 0.05) is 19.1 Å². The Bertz CT molecular complexity index is 492. The van der Waals surface area contributed by atoms with E-state index in [1.807, 2.05) is 11.8 Å². The summed E-state index contributed by atoms with van der Waals surface area (Å²) >= 11 is 0. The van der Waals surface area contributed by atoms with E-state index in [1.54, 1.807) is 13.0 Å². The Morgan fingerprint density at radius 3 is 2.55 bits per heavy atom. The van der Waals surface area contributed by atoms with Crippen molar-refractivity contribution in [3.05, 3.63) is 35.4 Å². The van der Waals surface area contributed by atoms with Crippen LogP contribution in [-0.2, 0) is 10.9 Å². The van der Waals surface area contributed by atoms with E-state index in [0.717, 1.165) is 6.07 Å². The van der Waals surface area contributed by atoms with Gasteiger partial charge in [-0.1, -0.05) is 25.1 Å². The van der Waals surface area contributed by atoms with Gasteiger partial charge in [-0.05, 0) is 25.1 Å². The number of nitrogens with zero attached hydrogens (tertiary/aromatic N) is 1. The molecule has 4 nitrogen and oxygen atoms in total. The van der Waals surface area contributed by atoms with E-state index in [2.05, 4.69) is 10.1 Å². The standard InChI is InChI=1S/C15H21F3N2O2/c1-4-20(10-9-19-14(21)22-3)11(2)12-7-5-6-8-13(12)15(16,17)18/h5-8,11H,4,9-10H2,1-3H3,(H,19,21)/t11-/m0/s1. The Morgan fingerprint density at radius 1 is 1.36 bits per heavy atom. The number of carbonyl (C=O) groups is 1. The Kier molecular flexibility index (Phi) is 6.67. The fourth-order valence-electron chi connectivity index (χ4n) is 2.32. The predicted octanol–water partition coefficient (Wildman–Crippen LogP) is 3.44. The molecule has 0 spiro atoms. The van der Waals surface area contributed by atoms with Crippen molar-refractivity contribution in [3.63, 3.8) is 0 Å². The maximum absolute atomic E-state index is 13.1. The molecule has 1 atom stereocenters. The zero-order chi connectivity index (χ0) is 16.8. The number of hydrogen-bond acceptors (Lipinski definition) is 3. The lowest BCUT2D eigenvalue weighted by Gasteiger charge is -2.30. The van der Waals surface area contributed by atoms with E-state index < -0.39 is 23.9 Å². The van der Waals surface area contributed by atoms with Gasteiger partial charge in [-0.25, -0.2) is 4.79 Å². The van der Waals surface area contributed by atoms with E-state index in [4.69, 9.17) is 0 Å². The number of rotatable bonds is 6. The van der Waals surface area contributed by atoms with Gasteiger partial charge in [-0.3, -0.25) is 4.90 Å². The first-order valence-corrected chi connectivity index (χ1v) is 7.03. The molecule has 22 heavy (non-hydrogen) atoms. The molecule has 0 fully saturated rings. The molecule has 1 aromatic carbocycles. The Morgan fingerprint density at radius 2 is 2.00 bits per heavy atom. The molecule has 0 bridgehead atoms. The lowest BCUT2D eigenvalue weighted by Crippen LogP contribution is -2.36. The molecule has 1 aromatic rings. The minimum atomic E-state index is -4.38. The van der Waals surface area contributed by atoms with Crippen LogP contribution in [0.4, 0.5) is 18.0 Å². The van der Waals surface area contributed by atoms with Crippen molar-refractivity contribution in [1.82, 2.24) is 10.2 Å². The first kappa shape index (κ1) is 18.3. The summed E-state index contributed by atoms with van der Waals surface area (Å²) in [5.74, 6) is 0. The number of nitrogens with one attached hydrogen (secondary N) is 1. The molecule has 0 saturated heterocycles. The second-order valence-corrected chi connectivity index (χ2v) is 4.81. The third kappa shape index (κ3) is 4.91. The number of hydrogen-bond donors (Lipinski definition) is 1. The third-order valence-corrected chi connectivity index (χ3v) is 3.52. The average molecular weight is 318 g/mol. The van der Waals surface area contributed by atoms with Crippen molar-refractivity contribution in [2.45, 2.75) is 26.1 Å². The van der Waals surface area contributed by atoms with Gasteiger partial charge >= 0.3 is 12.3 Å².